The molecule has 25 heavy (non-hydrogen) atoms. The van der Waals surface area contributed by atoms with Gasteiger partial charge in [0.2, 0.25) is 0 Å². The van der Waals surface area contributed by atoms with Crippen LogP contribution in [0.1, 0.15) is 25.3 Å². The number of sulfone groups is 1. The molecule has 0 radical (unpaired) electrons. The van der Waals surface area contributed by atoms with Gasteiger partial charge in [-0.25, -0.2) is 8.42 Å². The molecule has 2 heterocycles. The molecule has 0 bridgehead atoms. The van der Waals surface area contributed by atoms with Crippen LogP contribution >= 0.6 is 0 Å². The SMILES string of the molecule is C[C@H]1CS(=O)(=O)C[C@H]1NCc1ccccc1N(C)C1CCN(C)CC1. The summed E-state index contributed by atoms with van der Waals surface area (Å²) >= 11 is 0. The lowest BCUT2D eigenvalue weighted by Crippen LogP contribution is -2.42. The third-order valence-corrected chi connectivity index (χ3v) is 7.70. The number of para-hydroxylation sites is 1. The van der Waals surface area contributed by atoms with E-state index in [1.807, 2.05) is 6.92 Å². The lowest BCUT2D eigenvalue weighted by molar-refractivity contribution is 0.252. The second kappa shape index (κ2) is 7.64. The summed E-state index contributed by atoms with van der Waals surface area (Å²) in [4.78, 5) is 4.80. The van der Waals surface area contributed by atoms with E-state index in [4.69, 9.17) is 0 Å². The van der Waals surface area contributed by atoms with Gasteiger partial charge < -0.3 is 15.1 Å². The second-order valence-corrected chi connectivity index (χ2v) is 9.97. The standard InChI is InChI=1S/C19H31N3O2S/c1-15-13-25(23,24)14-18(15)20-12-16-6-4-5-7-19(16)22(3)17-8-10-21(2)11-9-17/h4-7,15,17-18,20H,8-14H2,1-3H3/t15-,18+/m0/s1. The molecule has 1 N–H and O–H groups in total. The van der Waals surface area contributed by atoms with Crippen molar-refractivity contribution in [3.8, 4) is 0 Å². The quantitative estimate of drug-likeness (QED) is 0.861. The minimum absolute atomic E-state index is 0.0618. The van der Waals surface area contributed by atoms with Crippen LogP contribution in [0.25, 0.3) is 0 Å². The maximum Gasteiger partial charge on any atom is 0.152 e. The molecule has 0 unspecified atom stereocenters. The molecule has 5 nitrogen and oxygen atoms in total. The maximum absolute atomic E-state index is 11.8. The highest BCUT2D eigenvalue weighted by Gasteiger charge is 2.34. The van der Waals surface area contributed by atoms with Gasteiger partial charge >= 0.3 is 0 Å². The Morgan fingerprint density at radius 2 is 1.88 bits per heavy atom. The van der Waals surface area contributed by atoms with Crippen LogP contribution in [0, 0.1) is 5.92 Å². The van der Waals surface area contributed by atoms with E-state index in [-0.39, 0.29) is 17.7 Å². The molecule has 0 aromatic heterocycles. The Bertz CT molecular complexity index is 684. The molecule has 2 fully saturated rings. The van der Waals surface area contributed by atoms with Crippen molar-refractivity contribution in [3.05, 3.63) is 29.8 Å². The van der Waals surface area contributed by atoms with E-state index in [2.05, 4.69) is 53.5 Å². The van der Waals surface area contributed by atoms with Crippen LogP contribution in [0.3, 0.4) is 0 Å². The largest absolute Gasteiger partial charge is 0.371 e. The van der Waals surface area contributed by atoms with Crippen molar-refractivity contribution in [2.45, 2.75) is 38.4 Å². The Kier molecular flexibility index (Phi) is 5.71. The topological polar surface area (TPSA) is 52.7 Å². The molecule has 2 aliphatic heterocycles. The van der Waals surface area contributed by atoms with Gasteiger partial charge in [0, 0.05) is 31.4 Å². The van der Waals surface area contributed by atoms with E-state index in [1.165, 1.54) is 24.1 Å². The fraction of sp³-hybridized carbons (Fsp3) is 0.684. The minimum atomic E-state index is -2.88. The highest BCUT2D eigenvalue weighted by Crippen LogP contribution is 2.26. The molecule has 2 atom stereocenters. The minimum Gasteiger partial charge on any atom is -0.371 e. The highest BCUT2D eigenvalue weighted by molar-refractivity contribution is 7.91. The van der Waals surface area contributed by atoms with E-state index >= 15 is 0 Å². The molecule has 3 rings (SSSR count). The zero-order valence-corrected chi connectivity index (χ0v) is 16.4. The molecular formula is C19H31N3O2S. The molecule has 0 spiro atoms. The summed E-state index contributed by atoms with van der Waals surface area (Å²) in [7, 11) is 1.50. The molecule has 2 saturated heterocycles. The van der Waals surface area contributed by atoms with Gasteiger partial charge in [0.25, 0.3) is 0 Å². The molecule has 1 aromatic carbocycles. The zero-order chi connectivity index (χ0) is 18.0. The van der Waals surface area contributed by atoms with Crippen LogP contribution in [-0.2, 0) is 16.4 Å². The highest BCUT2D eigenvalue weighted by atomic mass is 32.2. The number of rotatable bonds is 5. The Balaban J connectivity index is 1.67. The Hall–Kier alpha value is -1.11. The smallest absolute Gasteiger partial charge is 0.152 e. The van der Waals surface area contributed by atoms with Crippen molar-refractivity contribution in [1.29, 1.82) is 0 Å². The maximum atomic E-state index is 11.8. The number of hydrogen-bond donors (Lipinski definition) is 1. The monoisotopic (exact) mass is 365 g/mol. The van der Waals surface area contributed by atoms with Crippen LogP contribution in [0.4, 0.5) is 5.69 Å². The summed E-state index contributed by atoms with van der Waals surface area (Å²) in [6.07, 6.45) is 2.37. The number of nitrogens with zero attached hydrogens (tertiary/aromatic N) is 2. The lowest BCUT2D eigenvalue weighted by Gasteiger charge is -2.37. The van der Waals surface area contributed by atoms with Gasteiger partial charge in [-0.2, -0.15) is 0 Å². The number of likely N-dealkylation sites (tertiary alicyclic amines) is 1. The van der Waals surface area contributed by atoms with Gasteiger partial charge in [-0.05, 0) is 50.5 Å². The van der Waals surface area contributed by atoms with E-state index in [0.717, 1.165) is 19.6 Å². The summed E-state index contributed by atoms with van der Waals surface area (Å²) in [5.74, 6) is 0.756. The second-order valence-electron chi connectivity index (χ2n) is 7.82. The molecule has 0 saturated carbocycles. The average Bonchev–Trinajstić information content (AvgIpc) is 2.85. The first-order chi connectivity index (χ1) is 11.9. The van der Waals surface area contributed by atoms with Crippen molar-refractivity contribution in [2.24, 2.45) is 5.92 Å². The molecule has 1 aromatic rings. The predicted octanol–water partition coefficient (Wildman–Crippen LogP) is 1.74. The van der Waals surface area contributed by atoms with Crippen LogP contribution in [0.5, 0.6) is 0 Å². The zero-order valence-electron chi connectivity index (χ0n) is 15.6. The molecular weight excluding hydrogens is 334 g/mol. The van der Waals surface area contributed by atoms with Crippen LogP contribution < -0.4 is 10.2 Å². The summed E-state index contributed by atoms with van der Waals surface area (Å²) in [6, 6.07) is 9.13. The van der Waals surface area contributed by atoms with Gasteiger partial charge in [-0.1, -0.05) is 25.1 Å². The van der Waals surface area contributed by atoms with Crippen molar-refractivity contribution >= 4 is 15.5 Å². The first-order valence-electron chi connectivity index (χ1n) is 9.29. The molecule has 0 aliphatic carbocycles. The Morgan fingerprint density at radius 1 is 1.20 bits per heavy atom. The van der Waals surface area contributed by atoms with Crippen molar-refractivity contribution < 1.29 is 8.42 Å². The van der Waals surface area contributed by atoms with Gasteiger partial charge in [0.05, 0.1) is 11.5 Å². The van der Waals surface area contributed by atoms with Crippen molar-refractivity contribution in [2.75, 3.05) is 43.6 Å². The normalized spacial score (nSPS) is 27.5. The van der Waals surface area contributed by atoms with E-state index in [1.54, 1.807) is 0 Å². The molecule has 2 aliphatic rings. The summed E-state index contributed by atoms with van der Waals surface area (Å²) in [5, 5.41) is 3.49. The van der Waals surface area contributed by atoms with Crippen LogP contribution in [0.2, 0.25) is 0 Å². The Morgan fingerprint density at radius 3 is 2.52 bits per heavy atom. The first-order valence-corrected chi connectivity index (χ1v) is 11.1. The summed E-state index contributed by atoms with van der Waals surface area (Å²) in [5.41, 5.74) is 2.51. The fourth-order valence-corrected chi connectivity index (χ4v) is 6.27. The number of hydrogen-bond acceptors (Lipinski definition) is 5. The average molecular weight is 366 g/mol. The summed E-state index contributed by atoms with van der Waals surface area (Å²) < 4.78 is 23.6. The molecule has 6 heteroatoms. The number of anilines is 1. The lowest BCUT2D eigenvalue weighted by atomic mass is 10.0. The Labute approximate surface area is 152 Å². The van der Waals surface area contributed by atoms with Crippen LogP contribution in [0.15, 0.2) is 24.3 Å². The van der Waals surface area contributed by atoms with E-state index < -0.39 is 9.84 Å². The van der Waals surface area contributed by atoms with Crippen LogP contribution in [-0.4, -0.2) is 64.1 Å². The van der Waals surface area contributed by atoms with Gasteiger partial charge in [0.15, 0.2) is 9.84 Å². The third-order valence-electron chi connectivity index (χ3n) is 5.80. The number of nitrogens with one attached hydrogen (secondary N) is 1. The fourth-order valence-electron chi connectivity index (χ4n) is 4.11. The molecule has 140 valence electrons. The van der Waals surface area contributed by atoms with E-state index in [9.17, 15) is 8.42 Å². The van der Waals surface area contributed by atoms with Crippen molar-refractivity contribution in [1.82, 2.24) is 10.2 Å². The molecule has 0 amide bonds. The van der Waals surface area contributed by atoms with E-state index in [0.29, 0.717) is 11.8 Å². The predicted molar refractivity (Wildman–Crippen MR) is 104 cm³/mol. The first kappa shape index (κ1) is 18.7. The third kappa shape index (κ3) is 4.54. The van der Waals surface area contributed by atoms with Gasteiger partial charge in [-0.15, -0.1) is 0 Å². The summed E-state index contributed by atoms with van der Waals surface area (Å²) in [6.45, 7) is 5.04. The van der Waals surface area contributed by atoms with Gasteiger partial charge in [0.1, 0.15) is 0 Å². The van der Waals surface area contributed by atoms with Gasteiger partial charge in [-0.3, -0.25) is 0 Å². The number of benzene rings is 1. The van der Waals surface area contributed by atoms with Crippen molar-refractivity contribution in [3.63, 3.8) is 0 Å². The number of piperidine rings is 1.